The molecule has 0 saturated carbocycles. The van der Waals surface area contributed by atoms with Crippen LogP contribution in [0.3, 0.4) is 0 Å². The van der Waals surface area contributed by atoms with Crippen molar-refractivity contribution in [2.75, 3.05) is 33.3 Å². The van der Waals surface area contributed by atoms with Gasteiger partial charge in [0.1, 0.15) is 0 Å². The molecule has 0 aromatic carbocycles. The average molecular weight is 355 g/mol. The van der Waals surface area contributed by atoms with Crippen molar-refractivity contribution in [3.63, 3.8) is 0 Å². The summed E-state index contributed by atoms with van der Waals surface area (Å²) in [4.78, 5) is 9.44. The van der Waals surface area contributed by atoms with Gasteiger partial charge in [-0.3, -0.25) is 19.5 Å². The van der Waals surface area contributed by atoms with Crippen LogP contribution in [0.15, 0.2) is 36.8 Å². The molecule has 2 aromatic heterocycles. The van der Waals surface area contributed by atoms with Crippen LogP contribution in [0.5, 0.6) is 0 Å². The van der Waals surface area contributed by atoms with Crippen LogP contribution in [-0.2, 0) is 24.9 Å². The standard InChI is InChI=1S/C20H29N5O/c1-23-8-6-17(13-26-14-19-5-3-4-7-21-19)9-20(23)15-25(16-20)12-18-10-22-24(2)11-18/h3-5,7,10-11,17H,6,8-9,12-16H2,1-2H3. The van der Waals surface area contributed by atoms with Crippen molar-refractivity contribution in [1.29, 1.82) is 0 Å². The maximum atomic E-state index is 5.98. The Morgan fingerprint density at radius 3 is 2.88 bits per heavy atom. The summed E-state index contributed by atoms with van der Waals surface area (Å²) in [6.07, 6.45) is 8.38. The van der Waals surface area contributed by atoms with Gasteiger partial charge in [-0.05, 0) is 44.5 Å². The molecule has 2 aromatic rings. The molecule has 0 radical (unpaired) electrons. The molecule has 0 bridgehead atoms. The second-order valence-corrected chi connectivity index (χ2v) is 8.01. The van der Waals surface area contributed by atoms with Gasteiger partial charge in [-0.2, -0.15) is 5.10 Å². The Morgan fingerprint density at radius 1 is 1.27 bits per heavy atom. The molecule has 4 heterocycles. The van der Waals surface area contributed by atoms with Gasteiger partial charge in [0.2, 0.25) is 0 Å². The number of likely N-dealkylation sites (N-methyl/N-ethyl adjacent to an activating group) is 1. The lowest BCUT2D eigenvalue weighted by atomic mass is 9.75. The van der Waals surface area contributed by atoms with E-state index in [0.717, 1.165) is 31.9 Å². The minimum absolute atomic E-state index is 0.333. The predicted octanol–water partition coefficient (Wildman–Crippen LogP) is 1.93. The zero-order chi connectivity index (χ0) is 18.0. The van der Waals surface area contributed by atoms with E-state index < -0.39 is 0 Å². The summed E-state index contributed by atoms with van der Waals surface area (Å²) in [5, 5.41) is 4.28. The second kappa shape index (κ2) is 7.47. The Balaban J connectivity index is 1.26. The van der Waals surface area contributed by atoms with E-state index in [1.807, 2.05) is 42.3 Å². The first-order valence-electron chi connectivity index (χ1n) is 9.52. The molecule has 0 aliphatic carbocycles. The summed E-state index contributed by atoms with van der Waals surface area (Å²) in [7, 11) is 4.26. The Hall–Kier alpha value is -1.76. The van der Waals surface area contributed by atoms with Crippen molar-refractivity contribution in [3.8, 4) is 0 Å². The maximum Gasteiger partial charge on any atom is 0.0887 e. The lowest BCUT2D eigenvalue weighted by Gasteiger charge is -2.58. The molecule has 1 unspecified atom stereocenters. The van der Waals surface area contributed by atoms with Gasteiger partial charge < -0.3 is 4.74 Å². The summed E-state index contributed by atoms with van der Waals surface area (Å²) in [5.41, 5.74) is 2.65. The Bertz CT molecular complexity index is 710. The monoisotopic (exact) mass is 355 g/mol. The van der Waals surface area contributed by atoms with E-state index in [4.69, 9.17) is 4.74 Å². The number of pyridine rings is 1. The molecule has 140 valence electrons. The van der Waals surface area contributed by atoms with Crippen LogP contribution in [0, 0.1) is 5.92 Å². The van der Waals surface area contributed by atoms with E-state index in [1.165, 1.54) is 24.9 Å². The summed E-state index contributed by atoms with van der Waals surface area (Å²) in [6.45, 7) is 5.93. The molecular weight excluding hydrogens is 326 g/mol. The van der Waals surface area contributed by atoms with Crippen LogP contribution in [0.2, 0.25) is 0 Å². The van der Waals surface area contributed by atoms with Crippen LogP contribution in [0.25, 0.3) is 0 Å². The van der Waals surface area contributed by atoms with E-state index in [2.05, 4.69) is 33.1 Å². The molecule has 6 heteroatoms. The van der Waals surface area contributed by atoms with Crippen molar-refractivity contribution in [2.45, 2.75) is 31.5 Å². The first kappa shape index (κ1) is 17.6. The van der Waals surface area contributed by atoms with Gasteiger partial charge in [0.05, 0.1) is 25.1 Å². The first-order valence-corrected chi connectivity index (χ1v) is 9.52. The van der Waals surface area contributed by atoms with E-state index in [9.17, 15) is 0 Å². The van der Waals surface area contributed by atoms with Crippen molar-refractivity contribution in [2.24, 2.45) is 13.0 Å². The number of rotatable bonds is 6. The van der Waals surface area contributed by atoms with Gasteiger partial charge in [0, 0.05) is 50.2 Å². The fraction of sp³-hybridized carbons (Fsp3) is 0.600. The van der Waals surface area contributed by atoms with Gasteiger partial charge >= 0.3 is 0 Å². The number of hydrogen-bond acceptors (Lipinski definition) is 5. The predicted molar refractivity (Wildman–Crippen MR) is 100 cm³/mol. The van der Waals surface area contributed by atoms with Crippen molar-refractivity contribution in [3.05, 3.63) is 48.0 Å². The Morgan fingerprint density at radius 2 is 2.15 bits per heavy atom. The van der Waals surface area contributed by atoms with Crippen LogP contribution >= 0.6 is 0 Å². The highest BCUT2D eigenvalue weighted by molar-refractivity contribution is 5.11. The molecule has 2 aliphatic heterocycles. The normalized spacial score (nSPS) is 23.2. The highest BCUT2D eigenvalue weighted by atomic mass is 16.5. The van der Waals surface area contributed by atoms with Gasteiger partial charge in [0.15, 0.2) is 0 Å². The molecule has 2 fully saturated rings. The number of ether oxygens (including phenoxy) is 1. The van der Waals surface area contributed by atoms with Gasteiger partial charge in [-0.1, -0.05) is 6.07 Å². The lowest BCUT2D eigenvalue weighted by Crippen LogP contribution is -2.71. The lowest BCUT2D eigenvalue weighted by molar-refractivity contribution is -0.0936. The van der Waals surface area contributed by atoms with E-state index in [0.29, 0.717) is 18.1 Å². The largest absolute Gasteiger partial charge is 0.375 e. The molecule has 26 heavy (non-hydrogen) atoms. The number of aromatic nitrogens is 3. The third-order valence-corrected chi connectivity index (χ3v) is 5.88. The van der Waals surface area contributed by atoms with Crippen molar-refractivity contribution >= 4 is 0 Å². The Kier molecular flexibility index (Phi) is 5.07. The quantitative estimate of drug-likeness (QED) is 0.792. The topological polar surface area (TPSA) is 46.4 Å². The van der Waals surface area contributed by atoms with E-state index in [1.54, 1.807) is 0 Å². The van der Waals surface area contributed by atoms with Crippen LogP contribution in [-0.4, -0.2) is 63.4 Å². The van der Waals surface area contributed by atoms with Gasteiger partial charge in [-0.15, -0.1) is 0 Å². The average Bonchev–Trinajstić information content (AvgIpc) is 3.02. The number of hydrogen-bond donors (Lipinski definition) is 0. The molecule has 6 nitrogen and oxygen atoms in total. The zero-order valence-electron chi connectivity index (χ0n) is 15.8. The summed E-state index contributed by atoms with van der Waals surface area (Å²) < 4.78 is 7.86. The molecule has 2 aliphatic rings. The summed E-state index contributed by atoms with van der Waals surface area (Å²) >= 11 is 0. The number of aryl methyl sites for hydroxylation is 1. The third-order valence-electron chi connectivity index (χ3n) is 5.88. The number of piperidine rings is 1. The highest BCUT2D eigenvalue weighted by Gasteiger charge is 2.49. The molecular formula is C20H29N5O. The molecule has 2 saturated heterocycles. The highest BCUT2D eigenvalue weighted by Crippen LogP contribution is 2.38. The molecule has 1 atom stereocenters. The fourth-order valence-electron chi connectivity index (χ4n) is 4.44. The molecule has 1 spiro atoms. The van der Waals surface area contributed by atoms with Crippen LogP contribution < -0.4 is 0 Å². The van der Waals surface area contributed by atoms with Crippen molar-refractivity contribution in [1.82, 2.24) is 24.6 Å². The smallest absolute Gasteiger partial charge is 0.0887 e. The SMILES string of the molecule is CN1CCC(COCc2ccccn2)CC12CN(Cc1cnn(C)c1)C2. The van der Waals surface area contributed by atoms with Crippen molar-refractivity contribution < 1.29 is 4.74 Å². The van der Waals surface area contributed by atoms with Crippen LogP contribution in [0.4, 0.5) is 0 Å². The van der Waals surface area contributed by atoms with Gasteiger partial charge in [0.25, 0.3) is 0 Å². The van der Waals surface area contributed by atoms with Crippen LogP contribution in [0.1, 0.15) is 24.1 Å². The minimum Gasteiger partial charge on any atom is -0.375 e. The first-order chi connectivity index (χ1) is 12.6. The zero-order valence-corrected chi connectivity index (χ0v) is 15.8. The second-order valence-electron chi connectivity index (χ2n) is 8.01. The third kappa shape index (κ3) is 3.82. The maximum absolute atomic E-state index is 5.98. The fourth-order valence-corrected chi connectivity index (χ4v) is 4.44. The molecule has 0 amide bonds. The summed E-state index contributed by atoms with van der Waals surface area (Å²) in [5.74, 6) is 0.649. The van der Waals surface area contributed by atoms with E-state index in [-0.39, 0.29) is 0 Å². The molecule has 4 rings (SSSR count). The van der Waals surface area contributed by atoms with Gasteiger partial charge in [-0.25, -0.2) is 0 Å². The molecule has 0 N–H and O–H groups in total. The Labute approximate surface area is 155 Å². The summed E-state index contributed by atoms with van der Waals surface area (Å²) in [6, 6.07) is 5.98. The van der Waals surface area contributed by atoms with E-state index >= 15 is 0 Å². The number of likely N-dealkylation sites (tertiary alicyclic amines) is 2. The number of nitrogens with zero attached hydrogens (tertiary/aromatic N) is 5. The minimum atomic E-state index is 0.333.